The van der Waals surface area contributed by atoms with Gasteiger partial charge in [0.25, 0.3) is 0 Å². The van der Waals surface area contributed by atoms with Crippen LogP contribution < -0.4 is 14.8 Å². The standard InChI is InChI=1S/C26H25N3O3S/c1-31-21-15-20(16-22(17-21)32-2)27-23(30)13-14-33-26-28-24(18-9-5-3-6-10-18)25(29-26)19-11-7-4-8-12-19/h3-12,15-17H,13-14H2,1-2H3,(H,27,30)(H,28,29). The van der Waals surface area contributed by atoms with Gasteiger partial charge in [-0.3, -0.25) is 4.79 Å². The Hall–Kier alpha value is -3.71. The molecule has 0 atom stereocenters. The van der Waals surface area contributed by atoms with E-state index < -0.39 is 0 Å². The fourth-order valence-electron chi connectivity index (χ4n) is 3.38. The highest BCUT2D eigenvalue weighted by molar-refractivity contribution is 7.99. The van der Waals surface area contributed by atoms with Crippen LogP contribution in [0.25, 0.3) is 22.5 Å². The van der Waals surface area contributed by atoms with E-state index in [1.54, 1.807) is 32.4 Å². The number of hydrogen-bond donors (Lipinski definition) is 2. The number of anilines is 1. The van der Waals surface area contributed by atoms with Gasteiger partial charge in [0.2, 0.25) is 5.91 Å². The molecule has 33 heavy (non-hydrogen) atoms. The van der Waals surface area contributed by atoms with Gasteiger partial charge in [-0.2, -0.15) is 0 Å². The number of imidazole rings is 1. The number of H-pyrrole nitrogens is 1. The van der Waals surface area contributed by atoms with Crippen LogP contribution in [-0.2, 0) is 4.79 Å². The van der Waals surface area contributed by atoms with Crippen molar-refractivity contribution in [1.82, 2.24) is 9.97 Å². The average molecular weight is 460 g/mol. The van der Waals surface area contributed by atoms with Gasteiger partial charge in [0.05, 0.1) is 25.6 Å². The number of amides is 1. The van der Waals surface area contributed by atoms with E-state index in [4.69, 9.17) is 14.5 Å². The van der Waals surface area contributed by atoms with Gasteiger partial charge in [-0.15, -0.1) is 0 Å². The number of hydrogen-bond acceptors (Lipinski definition) is 5. The molecule has 3 aromatic carbocycles. The molecule has 1 aromatic heterocycles. The molecule has 0 fully saturated rings. The van der Waals surface area contributed by atoms with Gasteiger partial charge in [0, 0.05) is 47.2 Å². The van der Waals surface area contributed by atoms with Crippen molar-refractivity contribution in [3.63, 3.8) is 0 Å². The third-order valence-electron chi connectivity index (χ3n) is 4.99. The lowest BCUT2D eigenvalue weighted by atomic mass is 10.1. The molecule has 0 saturated heterocycles. The zero-order valence-corrected chi connectivity index (χ0v) is 19.3. The number of aromatic amines is 1. The maximum atomic E-state index is 12.5. The lowest BCUT2D eigenvalue weighted by Crippen LogP contribution is -2.12. The highest BCUT2D eigenvalue weighted by Crippen LogP contribution is 2.33. The van der Waals surface area contributed by atoms with E-state index in [1.807, 2.05) is 48.5 Å². The lowest BCUT2D eigenvalue weighted by Gasteiger charge is -2.09. The lowest BCUT2D eigenvalue weighted by molar-refractivity contribution is -0.115. The van der Waals surface area contributed by atoms with Crippen LogP contribution in [0.15, 0.2) is 84.0 Å². The Morgan fingerprint density at radius 2 is 1.52 bits per heavy atom. The van der Waals surface area contributed by atoms with Crippen LogP contribution >= 0.6 is 11.8 Å². The molecule has 4 rings (SSSR count). The van der Waals surface area contributed by atoms with Gasteiger partial charge >= 0.3 is 0 Å². The first-order chi connectivity index (χ1) is 16.2. The summed E-state index contributed by atoms with van der Waals surface area (Å²) in [4.78, 5) is 20.7. The number of thioether (sulfide) groups is 1. The second-order valence-electron chi connectivity index (χ2n) is 7.25. The summed E-state index contributed by atoms with van der Waals surface area (Å²) in [6.45, 7) is 0. The number of carbonyl (C=O) groups excluding carboxylic acids is 1. The molecule has 0 spiro atoms. The number of nitrogens with zero attached hydrogens (tertiary/aromatic N) is 1. The average Bonchev–Trinajstić information content (AvgIpc) is 3.29. The minimum absolute atomic E-state index is 0.0871. The second-order valence-corrected chi connectivity index (χ2v) is 8.33. The molecule has 2 N–H and O–H groups in total. The van der Waals surface area contributed by atoms with Gasteiger partial charge < -0.3 is 19.8 Å². The van der Waals surface area contributed by atoms with Crippen LogP contribution in [0, 0.1) is 0 Å². The maximum absolute atomic E-state index is 12.5. The summed E-state index contributed by atoms with van der Waals surface area (Å²) < 4.78 is 10.5. The summed E-state index contributed by atoms with van der Waals surface area (Å²) in [6, 6.07) is 25.5. The molecule has 4 aromatic rings. The van der Waals surface area contributed by atoms with Crippen LogP contribution in [0.2, 0.25) is 0 Å². The number of methoxy groups -OCH3 is 2. The van der Waals surface area contributed by atoms with Crippen LogP contribution in [0.4, 0.5) is 5.69 Å². The molecule has 7 heteroatoms. The molecule has 0 aliphatic rings. The molecule has 1 heterocycles. The molecule has 0 radical (unpaired) electrons. The van der Waals surface area contributed by atoms with E-state index >= 15 is 0 Å². The fraction of sp³-hybridized carbons (Fsp3) is 0.154. The smallest absolute Gasteiger partial charge is 0.225 e. The summed E-state index contributed by atoms with van der Waals surface area (Å²) >= 11 is 1.52. The van der Waals surface area contributed by atoms with Crippen molar-refractivity contribution in [3.05, 3.63) is 78.9 Å². The molecular weight excluding hydrogens is 434 g/mol. The minimum atomic E-state index is -0.0871. The Kier molecular flexibility index (Phi) is 7.32. The SMILES string of the molecule is COc1cc(NC(=O)CCSc2nc(-c3ccccc3)c(-c3ccccc3)[nH]2)cc(OC)c1. The summed E-state index contributed by atoms with van der Waals surface area (Å²) in [6.07, 6.45) is 0.340. The Labute approximate surface area is 197 Å². The quantitative estimate of drug-likeness (QED) is 0.306. The van der Waals surface area contributed by atoms with E-state index in [0.717, 1.165) is 27.7 Å². The van der Waals surface area contributed by atoms with Crippen LogP contribution in [0.1, 0.15) is 6.42 Å². The molecule has 0 aliphatic carbocycles. The van der Waals surface area contributed by atoms with E-state index in [2.05, 4.69) is 22.4 Å². The predicted octanol–water partition coefficient (Wildman–Crippen LogP) is 5.88. The highest BCUT2D eigenvalue weighted by Gasteiger charge is 2.15. The minimum Gasteiger partial charge on any atom is -0.497 e. The maximum Gasteiger partial charge on any atom is 0.225 e. The zero-order chi connectivity index (χ0) is 23.0. The number of rotatable bonds is 9. The van der Waals surface area contributed by atoms with Gasteiger partial charge in [-0.1, -0.05) is 72.4 Å². The second kappa shape index (κ2) is 10.7. The van der Waals surface area contributed by atoms with E-state index in [0.29, 0.717) is 29.4 Å². The molecule has 6 nitrogen and oxygen atoms in total. The van der Waals surface area contributed by atoms with Crippen molar-refractivity contribution in [3.8, 4) is 34.0 Å². The molecule has 168 valence electrons. The Balaban J connectivity index is 1.44. The molecule has 0 unspecified atom stereocenters. The third-order valence-corrected chi connectivity index (χ3v) is 5.87. The number of benzene rings is 3. The monoisotopic (exact) mass is 459 g/mol. The van der Waals surface area contributed by atoms with Crippen molar-refractivity contribution in [1.29, 1.82) is 0 Å². The number of carbonyl (C=O) groups is 1. The molecule has 0 bridgehead atoms. The van der Waals surface area contributed by atoms with Crippen molar-refractivity contribution < 1.29 is 14.3 Å². The van der Waals surface area contributed by atoms with E-state index in [-0.39, 0.29) is 5.91 Å². The topological polar surface area (TPSA) is 76.2 Å². The van der Waals surface area contributed by atoms with Crippen LogP contribution in [0.5, 0.6) is 11.5 Å². The molecular formula is C26H25N3O3S. The Morgan fingerprint density at radius 3 is 2.12 bits per heavy atom. The summed E-state index contributed by atoms with van der Waals surface area (Å²) in [5, 5.41) is 3.68. The van der Waals surface area contributed by atoms with Gasteiger partial charge in [-0.25, -0.2) is 4.98 Å². The van der Waals surface area contributed by atoms with Gasteiger partial charge in [0.15, 0.2) is 5.16 Å². The highest BCUT2D eigenvalue weighted by atomic mass is 32.2. The van der Waals surface area contributed by atoms with Crippen molar-refractivity contribution in [2.24, 2.45) is 0 Å². The number of nitrogens with one attached hydrogen (secondary N) is 2. The molecule has 0 aliphatic heterocycles. The summed E-state index contributed by atoms with van der Waals surface area (Å²) in [5.74, 6) is 1.74. The summed E-state index contributed by atoms with van der Waals surface area (Å²) in [5.41, 5.74) is 4.62. The Morgan fingerprint density at radius 1 is 0.909 bits per heavy atom. The first kappa shape index (κ1) is 22.5. The summed E-state index contributed by atoms with van der Waals surface area (Å²) in [7, 11) is 3.15. The van der Waals surface area contributed by atoms with Gasteiger partial charge in [0.1, 0.15) is 11.5 Å². The third kappa shape index (κ3) is 5.75. The van der Waals surface area contributed by atoms with Crippen molar-refractivity contribution in [2.75, 3.05) is 25.3 Å². The molecule has 0 saturated carbocycles. The fourth-order valence-corrected chi connectivity index (χ4v) is 4.19. The normalized spacial score (nSPS) is 10.6. The number of aromatic nitrogens is 2. The van der Waals surface area contributed by atoms with E-state index in [1.165, 1.54) is 11.8 Å². The van der Waals surface area contributed by atoms with Gasteiger partial charge in [-0.05, 0) is 0 Å². The zero-order valence-electron chi connectivity index (χ0n) is 18.5. The first-order valence-corrected chi connectivity index (χ1v) is 11.5. The Bertz CT molecular complexity index is 1130. The van der Waals surface area contributed by atoms with Crippen LogP contribution in [-0.4, -0.2) is 35.8 Å². The van der Waals surface area contributed by atoms with Crippen molar-refractivity contribution >= 4 is 23.4 Å². The van der Waals surface area contributed by atoms with Crippen LogP contribution in [0.3, 0.4) is 0 Å². The predicted molar refractivity (Wildman–Crippen MR) is 133 cm³/mol. The van der Waals surface area contributed by atoms with E-state index in [9.17, 15) is 4.79 Å². The number of ether oxygens (including phenoxy) is 2. The molecule has 1 amide bonds. The first-order valence-electron chi connectivity index (χ1n) is 10.5. The van der Waals surface area contributed by atoms with Crippen molar-refractivity contribution in [2.45, 2.75) is 11.6 Å². The largest absolute Gasteiger partial charge is 0.497 e.